The number of nitrogens with zero attached hydrogens (tertiary/aromatic N) is 3. The van der Waals surface area contributed by atoms with E-state index in [1.807, 2.05) is 26.0 Å². The van der Waals surface area contributed by atoms with Gasteiger partial charge in [0, 0.05) is 41.5 Å². The number of aryl methyl sites for hydroxylation is 2. The molecular formula is C15H20N4. The van der Waals surface area contributed by atoms with Crippen LogP contribution in [0.3, 0.4) is 0 Å². The average molecular weight is 256 g/mol. The molecule has 0 aromatic carbocycles. The van der Waals surface area contributed by atoms with Gasteiger partial charge in [-0.15, -0.1) is 0 Å². The van der Waals surface area contributed by atoms with Crippen molar-refractivity contribution in [3.8, 4) is 11.4 Å². The molecule has 0 saturated heterocycles. The Morgan fingerprint density at radius 1 is 1.16 bits per heavy atom. The molecule has 19 heavy (non-hydrogen) atoms. The van der Waals surface area contributed by atoms with Crippen LogP contribution in [0.25, 0.3) is 11.4 Å². The molecule has 2 aromatic rings. The summed E-state index contributed by atoms with van der Waals surface area (Å²) in [4.78, 5) is 13.3. The van der Waals surface area contributed by atoms with Gasteiger partial charge in [-0.25, -0.2) is 9.97 Å². The topological polar surface area (TPSA) is 50.7 Å². The van der Waals surface area contributed by atoms with E-state index in [2.05, 4.69) is 27.2 Å². The van der Waals surface area contributed by atoms with Gasteiger partial charge in [0.15, 0.2) is 5.82 Å². The fourth-order valence-electron chi connectivity index (χ4n) is 2.01. The Balaban J connectivity index is 2.26. The Labute approximate surface area is 114 Å². The van der Waals surface area contributed by atoms with Gasteiger partial charge in [0.1, 0.15) is 0 Å². The monoisotopic (exact) mass is 256 g/mol. The molecule has 1 N–H and O–H groups in total. The van der Waals surface area contributed by atoms with Crippen molar-refractivity contribution in [2.75, 3.05) is 6.54 Å². The van der Waals surface area contributed by atoms with Gasteiger partial charge in [-0.2, -0.15) is 0 Å². The van der Waals surface area contributed by atoms with Crippen LogP contribution in [0.15, 0.2) is 24.5 Å². The molecule has 0 saturated carbocycles. The van der Waals surface area contributed by atoms with Crippen LogP contribution in [-0.2, 0) is 6.54 Å². The normalized spacial score (nSPS) is 10.7. The Hall–Kier alpha value is -1.81. The molecule has 0 fully saturated rings. The summed E-state index contributed by atoms with van der Waals surface area (Å²) in [6.45, 7) is 8.09. The third-order valence-corrected chi connectivity index (χ3v) is 3.07. The van der Waals surface area contributed by atoms with E-state index < -0.39 is 0 Å². The highest BCUT2D eigenvalue weighted by Gasteiger charge is 2.09. The molecule has 0 aliphatic carbocycles. The summed E-state index contributed by atoms with van der Waals surface area (Å²) in [5, 5.41) is 3.40. The van der Waals surface area contributed by atoms with Crippen molar-refractivity contribution < 1.29 is 0 Å². The van der Waals surface area contributed by atoms with Gasteiger partial charge in [0.2, 0.25) is 0 Å². The highest BCUT2D eigenvalue weighted by molar-refractivity contribution is 5.54. The molecule has 0 atom stereocenters. The Morgan fingerprint density at radius 3 is 2.47 bits per heavy atom. The summed E-state index contributed by atoms with van der Waals surface area (Å²) in [6, 6.07) is 3.89. The van der Waals surface area contributed by atoms with Gasteiger partial charge in [-0.05, 0) is 38.9 Å². The van der Waals surface area contributed by atoms with Gasteiger partial charge in [0.25, 0.3) is 0 Å². The maximum absolute atomic E-state index is 4.59. The molecule has 0 aliphatic rings. The maximum Gasteiger partial charge on any atom is 0.161 e. The van der Waals surface area contributed by atoms with Crippen LogP contribution >= 0.6 is 0 Å². The molecule has 2 rings (SSSR count). The lowest BCUT2D eigenvalue weighted by Gasteiger charge is -2.11. The van der Waals surface area contributed by atoms with Crippen molar-refractivity contribution in [1.29, 1.82) is 0 Å². The van der Waals surface area contributed by atoms with E-state index in [0.717, 1.165) is 42.3 Å². The fourth-order valence-corrected chi connectivity index (χ4v) is 2.01. The number of hydrogen-bond acceptors (Lipinski definition) is 4. The van der Waals surface area contributed by atoms with Crippen LogP contribution in [0, 0.1) is 13.8 Å². The lowest BCUT2D eigenvalue weighted by molar-refractivity contribution is 0.665. The van der Waals surface area contributed by atoms with Gasteiger partial charge < -0.3 is 5.32 Å². The maximum atomic E-state index is 4.59. The lowest BCUT2D eigenvalue weighted by atomic mass is 10.1. The summed E-state index contributed by atoms with van der Waals surface area (Å²) in [6.07, 6.45) is 4.68. The van der Waals surface area contributed by atoms with Crippen molar-refractivity contribution >= 4 is 0 Å². The first-order chi connectivity index (χ1) is 9.22. The zero-order chi connectivity index (χ0) is 13.7. The third-order valence-electron chi connectivity index (χ3n) is 3.07. The zero-order valence-electron chi connectivity index (χ0n) is 11.8. The fraction of sp³-hybridized carbons (Fsp3) is 0.400. The van der Waals surface area contributed by atoms with E-state index in [4.69, 9.17) is 0 Å². The predicted octanol–water partition coefficient (Wildman–Crippen LogP) is 2.66. The van der Waals surface area contributed by atoms with Crippen LogP contribution in [0.5, 0.6) is 0 Å². The first-order valence-corrected chi connectivity index (χ1v) is 6.67. The second-order valence-corrected chi connectivity index (χ2v) is 4.62. The van der Waals surface area contributed by atoms with Crippen molar-refractivity contribution in [3.63, 3.8) is 0 Å². The molecular weight excluding hydrogens is 236 g/mol. The predicted molar refractivity (Wildman–Crippen MR) is 76.7 cm³/mol. The van der Waals surface area contributed by atoms with E-state index >= 15 is 0 Å². The second-order valence-electron chi connectivity index (χ2n) is 4.62. The summed E-state index contributed by atoms with van der Waals surface area (Å²) in [5.41, 5.74) is 4.23. The van der Waals surface area contributed by atoms with Crippen molar-refractivity contribution in [2.24, 2.45) is 0 Å². The lowest BCUT2D eigenvalue weighted by Crippen LogP contribution is -2.17. The summed E-state index contributed by atoms with van der Waals surface area (Å²) >= 11 is 0. The van der Waals surface area contributed by atoms with Gasteiger partial charge >= 0.3 is 0 Å². The van der Waals surface area contributed by atoms with Gasteiger partial charge in [-0.1, -0.05) is 6.92 Å². The van der Waals surface area contributed by atoms with Gasteiger partial charge in [-0.3, -0.25) is 4.98 Å². The number of rotatable bonds is 5. The Bertz CT molecular complexity index is 514. The van der Waals surface area contributed by atoms with E-state index in [0.29, 0.717) is 0 Å². The molecule has 2 heterocycles. The average Bonchev–Trinajstić information content (AvgIpc) is 2.43. The van der Waals surface area contributed by atoms with E-state index in [1.54, 1.807) is 12.4 Å². The van der Waals surface area contributed by atoms with E-state index in [1.165, 1.54) is 5.56 Å². The summed E-state index contributed by atoms with van der Waals surface area (Å²) in [5.74, 6) is 0.752. The molecule has 0 amide bonds. The van der Waals surface area contributed by atoms with E-state index in [9.17, 15) is 0 Å². The van der Waals surface area contributed by atoms with Crippen LogP contribution in [-0.4, -0.2) is 21.5 Å². The van der Waals surface area contributed by atoms with Crippen molar-refractivity contribution in [1.82, 2.24) is 20.3 Å². The number of pyridine rings is 1. The van der Waals surface area contributed by atoms with Crippen LogP contribution in [0.2, 0.25) is 0 Å². The number of nitrogens with one attached hydrogen (secondary N) is 1. The highest BCUT2D eigenvalue weighted by Crippen LogP contribution is 2.17. The molecule has 2 aromatic heterocycles. The SMILES string of the molecule is CCCNCc1c(C)nc(-c2cccnc2)nc1C. The zero-order valence-corrected chi connectivity index (χ0v) is 11.8. The highest BCUT2D eigenvalue weighted by atomic mass is 14.9. The van der Waals surface area contributed by atoms with Gasteiger partial charge in [0.05, 0.1) is 0 Å². The molecule has 0 radical (unpaired) electrons. The largest absolute Gasteiger partial charge is 0.313 e. The molecule has 0 unspecified atom stereocenters. The molecule has 100 valence electrons. The Morgan fingerprint density at radius 2 is 1.89 bits per heavy atom. The first-order valence-electron chi connectivity index (χ1n) is 6.67. The smallest absolute Gasteiger partial charge is 0.161 e. The standard InChI is InChI=1S/C15H20N4/c1-4-7-16-10-14-11(2)18-15(19-12(14)3)13-6-5-8-17-9-13/h5-6,8-9,16H,4,7,10H2,1-3H3. The summed E-state index contributed by atoms with van der Waals surface area (Å²) < 4.78 is 0. The minimum absolute atomic E-state index is 0.752. The first kappa shape index (κ1) is 13.6. The van der Waals surface area contributed by atoms with Crippen LogP contribution < -0.4 is 5.32 Å². The number of aromatic nitrogens is 3. The third kappa shape index (κ3) is 3.35. The Kier molecular flexibility index (Phi) is 4.58. The quantitative estimate of drug-likeness (QED) is 0.836. The molecule has 4 nitrogen and oxygen atoms in total. The summed E-state index contributed by atoms with van der Waals surface area (Å²) in [7, 11) is 0. The molecule has 4 heteroatoms. The second kappa shape index (κ2) is 6.38. The minimum Gasteiger partial charge on any atom is -0.313 e. The molecule has 0 bridgehead atoms. The van der Waals surface area contributed by atoms with Crippen molar-refractivity contribution in [2.45, 2.75) is 33.7 Å². The molecule has 0 spiro atoms. The van der Waals surface area contributed by atoms with Crippen LogP contribution in [0.4, 0.5) is 0 Å². The van der Waals surface area contributed by atoms with E-state index in [-0.39, 0.29) is 0 Å². The molecule has 0 aliphatic heterocycles. The van der Waals surface area contributed by atoms with Crippen LogP contribution in [0.1, 0.15) is 30.3 Å². The van der Waals surface area contributed by atoms with Crippen molar-refractivity contribution in [3.05, 3.63) is 41.5 Å². The minimum atomic E-state index is 0.752. The number of hydrogen-bond donors (Lipinski definition) is 1.